The molecule has 0 saturated carbocycles. The fourth-order valence-electron chi connectivity index (χ4n) is 1.92. The smallest absolute Gasteiger partial charge is 0.123 e. The molecule has 0 aliphatic rings. The van der Waals surface area contributed by atoms with Gasteiger partial charge < -0.3 is 5.11 Å². The summed E-state index contributed by atoms with van der Waals surface area (Å²) in [6.07, 6.45) is 0. The molecule has 0 spiro atoms. The predicted octanol–water partition coefficient (Wildman–Crippen LogP) is 3.53. The zero-order chi connectivity index (χ0) is 14.7. The Bertz CT molecular complexity index is 363. The maximum absolute atomic E-state index is 10.4. The van der Waals surface area contributed by atoms with E-state index in [1.54, 1.807) is 0 Å². The second kappa shape index (κ2) is 5.86. The fourth-order valence-corrected chi connectivity index (χ4v) is 1.92. The number of hydrogen-bond donors (Lipinski definition) is 1. The summed E-state index contributed by atoms with van der Waals surface area (Å²) in [4.78, 5) is 0. The summed E-state index contributed by atoms with van der Waals surface area (Å²) in [5, 5.41) is 10.4. The number of rotatable bonds is 0. The third-order valence-electron chi connectivity index (χ3n) is 2.87. The summed E-state index contributed by atoms with van der Waals surface area (Å²) < 4.78 is 0. The van der Waals surface area contributed by atoms with Crippen LogP contribution >= 0.6 is 0 Å². The highest BCUT2D eigenvalue weighted by molar-refractivity contribution is 6.75. The van der Waals surface area contributed by atoms with Crippen LogP contribution in [0.1, 0.15) is 58.2 Å². The molecule has 1 aromatic carbocycles. The minimum absolute atomic E-state index is 0.0178. The molecule has 18 heavy (non-hydrogen) atoms. The molecule has 0 aliphatic carbocycles. The first kappa shape index (κ1) is 17.1. The molecule has 1 aromatic rings. The van der Waals surface area contributed by atoms with Gasteiger partial charge in [0.15, 0.2) is 0 Å². The molecular weight excluding hydrogens is 218 g/mol. The quantitative estimate of drug-likeness (QED) is 0.690. The highest BCUT2D eigenvalue weighted by atomic mass is 16.3. The van der Waals surface area contributed by atoms with E-state index in [1.807, 2.05) is 0 Å². The molecule has 0 aliphatic heterocycles. The van der Waals surface area contributed by atoms with Crippen molar-refractivity contribution in [2.45, 2.75) is 59.3 Å². The summed E-state index contributed by atoms with van der Waals surface area (Å²) in [6, 6.07) is 4.18. The van der Waals surface area contributed by atoms with E-state index in [0.717, 1.165) is 11.1 Å². The minimum Gasteiger partial charge on any atom is -0.507 e. The van der Waals surface area contributed by atoms with Crippen LogP contribution in [0.15, 0.2) is 12.1 Å². The molecule has 0 atom stereocenters. The monoisotopic (exact) mass is 242 g/mol. The van der Waals surface area contributed by atoms with Crippen LogP contribution in [-0.2, 0) is 10.8 Å². The Kier molecular flexibility index (Phi) is 5.58. The van der Waals surface area contributed by atoms with E-state index in [2.05, 4.69) is 76.1 Å². The third-order valence-corrected chi connectivity index (χ3v) is 2.87. The molecule has 1 N–H and O–H groups in total. The lowest BCUT2D eigenvalue weighted by Crippen LogP contribution is -2.17. The zero-order valence-corrected chi connectivity index (χ0v) is 12.8. The van der Waals surface area contributed by atoms with Crippen molar-refractivity contribution in [2.75, 3.05) is 0 Å². The van der Waals surface area contributed by atoms with Crippen molar-refractivity contribution >= 4 is 15.5 Å². The van der Waals surface area contributed by atoms with E-state index < -0.39 is 0 Å². The Morgan fingerprint density at radius 1 is 0.833 bits per heavy atom. The van der Waals surface area contributed by atoms with E-state index in [0.29, 0.717) is 5.75 Å². The van der Waals surface area contributed by atoms with Gasteiger partial charge in [0, 0.05) is 15.5 Å². The molecule has 0 bridgehead atoms. The van der Waals surface area contributed by atoms with E-state index in [9.17, 15) is 5.11 Å². The molecule has 0 fully saturated rings. The number of aromatic hydroxyl groups is 1. The number of phenolic OH excluding ortho intramolecular Hbond substituents is 1. The van der Waals surface area contributed by atoms with Crippen LogP contribution in [-0.4, -0.2) is 20.6 Å². The van der Waals surface area contributed by atoms with Crippen LogP contribution in [0.2, 0.25) is 0 Å². The molecule has 0 unspecified atom stereocenters. The number of aryl methyl sites for hydroxylation is 1. The lowest BCUT2D eigenvalue weighted by molar-refractivity contribution is 0.423. The normalized spacial score (nSPS) is 11.7. The van der Waals surface area contributed by atoms with Gasteiger partial charge in [-0.2, -0.15) is 0 Å². The molecular formula is C15H24B2O. The Morgan fingerprint density at radius 3 is 1.33 bits per heavy atom. The van der Waals surface area contributed by atoms with E-state index in [4.69, 9.17) is 0 Å². The Morgan fingerprint density at radius 2 is 1.11 bits per heavy atom. The first-order valence-corrected chi connectivity index (χ1v) is 6.21. The average molecular weight is 242 g/mol. The highest BCUT2D eigenvalue weighted by Gasteiger charge is 2.25. The standard InChI is InChI=1S/C15H24O.B2/c1-10-8-11(14(2,3)4)13(16)12(9-10)15(5,6)7;1-2/h8-9,16H,1-7H3;. The van der Waals surface area contributed by atoms with Gasteiger partial charge in [0.2, 0.25) is 0 Å². The SMILES string of the molecule is Cc1cc(C(C)(C)C)c(O)c(C(C)(C)C)c1.[B][B]. The molecule has 96 valence electrons. The Hall–Kier alpha value is -0.850. The second-order valence-electron chi connectivity index (χ2n) is 6.71. The van der Waals surface area contributed by atoms with Gasteiger partial charge in [-0.1, -0.05) is 59.2 Å². The number of benzene rings is 1. The Balaban J connectivity index is 0.00000137. The van der Waals surface area contributed by atoms with Crippen LogP contribution in [0.5, 0.6) is 5.75 Å². The maximum atomic E-state index is 10.4. The van der Waals surface area contributed by atoms with Gasteiger partial charge in [-0.25, -0.2) is 0 Å². The highest BCUT2D eigenvalue weighted by Crippen LogP contribution is 2.39. The maximum Gasteiger partial charge on any atom is 0.123 e. The molecule has 0 aromatic heterocycles. The van der Waals surface area contributed by atoms with Gasteiger partial charge in [-0.15, -0.1) is 0 Å². The van der Waals surface area contributed by atoms with Crippen molar-refractivity contribution in [1.82, 2.24) is 0 Å². The van der Waals surface area contributed by atoms with Gasteiger partial charge >= 0.3 is 0 Å². The van der Waals surface area contributed by atoms with Crippen molar-refractivity contribution in [3.63, 3.8) is 0 Å². The van der Waals surface area contributed by atoms with E-state index >= 15 is 0 Å². The van der Waals surface area contributed by atoms with Crippen LogP contribution in [0.4, 0.5) is 0 Å². The first-order chi connectivity index (χ1) is 8.03. The summed E-state index contributed by atoms with van der Waals surface area (Å²) >= 11 is 0. The lowest BCUT2D eigenvalue weighted by atomic mass is 9.78. The van der Waals surface area contributed by atoms with Crippen molar-refractivity contribution in [2.24, 2.45) is 0 Å². The van der Waals surface area contributed by atoms with Crippen LogP contribution in [0.25, 0.3) is 0 Å². The van der Waals surface area contributed by atoms with Gasteiger partial charge in [0.25, 0.3) is 0 Å². The zero-order valence-electron chi connectivity index (χ0n) is 12.8. The van der Waals surface area contributed by atoms with Gasteiger partial charge in [-0.3, -0.25) is 0 Å². The predicted molar refractivity (Wildman–Crippen MR) is 81.8 cm³/mol. The van der Waals surface area contributed by atoms with Crippen LogP contribution < -0.4 is 0 Å². The van der Waals surface area contributed by atoms with Crippen molar-refractivity contribution in [1.29, 1.82) is 0 Å². The first-order valence-electron chi connectivity index (χ1n) is 6.21. The summed E-state index contributed by atoms with van der Waals surface area (Å²) in [5.74, 6) is 0.464. The van der Waals surface area contributed by atoms with Gasteiger partial charge in [-0.05, 0) is 28.9 Å². The molecule has 0 heterocycles. The number of phenols is 1. The summed E-state index contributed by atoms with van der Waals surface area (Å²) in [7, 11) is 8.00. The molecule has 3 heteroatoms. The molecule has 1 rings (SSSR count). The topological polar surface area (TPSA) is 20.2 Å². The summed E-state index contributed by atoms with van der Waals surface area (Å²) in [6.45, 7) is 14.9. The van der Waals surface area contributed by atoms with Crippen molar-refractivity contribution in [3.05, 3.63) is 28.8 Å². The molecule has 0 saturated heterocycles. The van der Waals surface area contributed by atoms with Crippen molar-refractivity contribution < 1.29 is 5.11 Å². The van der Waals surface area contributed by atoms with Crippen LogP contribution in [0, 0.1) is 6.92 Å². The van der Waals surface area contributed by atoms with Gasteiger partial charge in [0.1, 0.15) is 5.75 Å². The third kappa shape index (κ3) is 4.12. The Labute approximate surface area is 115 Å². The van der Waals surface area contributed by atoms with E-state index in [1.165, 1.54) is 5.56 Å². The number of hydrogen-bond acceptors (Lipinski definition) is 1. The van der Waals surface area contributed by atoms with Crippen molar-refractivity contribution in [3.8, 4) is 5.75 Å². The summed E-state index contributed by atoms with van der Waals surface area (Å²) in [5.41, 5.74) is 3.26. The minimum atomic E-state index is -0.0178. The van der Waals surface area contributed by atoms with Crippen LogP contribution in [0.3, 0.4) is 0 Å². The molecule has 1 nitrogen and oxygen atoms in total. The van der Waals surface area contributed by atoms with Gasteiger partial charge in [0.05, 0.1) is 0 Å². The molecule has 4 radical (unpaired) electrons. The average Bonchev–Trinajstić information content (AvgIpc) is 2.21. The molecule has 0 amide bonds. The fraction of sp³-hybridized carbons (Fsp3) is 0.600. The van der Waals surface area contributed by atoms with E-state index in [-0.39, 0.29) is 10.8 Å². The lowest BCUT2D eigenvalue weighted by Gasteiger charge is -2.27. The largest absolute Gasteiger partial charge is 0.507 e. The second-order valence-corrected chi connectivity index (χ2v) is 6.71.